The van der Waals surface area contributed by atoms with E-state index in [1.165, 1.54) is 12.1 Å². The van der Waals surface area contributed by atoms with E-state index in [-0.39, 0.29) is 11.3 Å². The van der Waals surface area contributed by atoms with E-state index in [0.29, 0.717) is 10.9 Å². The lowest BCUT2D eigenvalue weighted by Crippen LogP contribution is -2.17. The molecule has 0 spiro atoms. The lowest BCUT2D eigenvalue weighted by Gasteiger charge is -2.12. The van der Waals surface area contributed by atoms with Gasteiger partial charge in [0.05, 0.1) is 5.56 Å². The fourth-order valence-corrected chi connectivity index (χ4v) is 3.05. The van der Waals surface area contributed by atoms with Gasteiger partial charge in [-0.25, -0.2) is 9.59 Å². The third kappa shape index (κ3) is 5.18. The van der Waals surface area contributed by atoms with Crippen LogP contribution in [-0.4, -0.2) is 37.3 Å². The Balaban J connectivity index is 1.86. The summed E-state index contributed by atoms with van der Waals surface area (Å²) in [5.41, 5.74) is 1.06. The molecule has 0 amide bonds. The summed E-state index contributed by atoms with van der Waals surface area (Å²) in [6, 6.07) is 17.2. The van der Waals surface area contributed by atoms with Crippen LogP contribution in [0.1, 0.15) is 26.3 Å². The summed E-state index contributed by atoms with van der Waals surface area (Å²) in [6.07, 6.45) is 0. The van der Waals surface area contributed by atoms with Gasteiger partial charge in [-0.15, -0.1) is 0 Å². The third-order valence-corrected chi connectivity index (χ3v) is 4.83. The van der Waals surface area contributed by atoms with Crippen LogP contribution in [0.5, 0.6) is 5.75 Å². The summed E-state index contributed by atoms with van der Waals surface area (Å²) >= 11 is 0. The average Bonchev–Trinajstić information content (AvgIpc) is 2.66. The molecule has 3 aromatic rings. The molecule has 8 heteroatoms. The minimum Gasteiger partial charge on any atom is -0.461 e. The number of rotatable bonds is 6. The van der Waals surface area contributed by atoms with Crippen molar-refractivity contribution in [2.45, 2.75) is 6.92 Å². The Morgan fingerprint density at radius 2 is 1.66 bits per heavy atom. The second kappa shape index (κ2) is 8.42. The molecule has 0 aliphatic carbocycles. The predicted molar refractivity (Wildman–Crippen MR) is 107 cm³/mol. The normalized spacial score (nSPS) is 11.2. The van der Waals surface area contributed by atoms with Crippen molar-refractivity contribution < 1.29 is 32.0 Å². The minimum atomic E-state index is -4.26. The first-order valence-corrected chi connectivity index (χ1v) is 10.3. The van der Waals surface area contributed by atoms with Gasteiger partial charge in [-0.05, 0) is 41.5 Å². The van der Waals surface area contributed by atoms with Crippen LogP contribution in [0.4, 0.5) is 0 Å². The van der Waals surface area contributed by atoms with Crippen molar-refractivity contribution in [1.82, 2.24) is 0 Å². The summed E-state index contributed by atoms with van der Waals surface area (Å²) in [4.78, 5) is 25.1. The number of carbonyl (C=O) groups is 2. The van der Waals surface area contributed by atoms with Crippen LogP contribution in [0, 0.1) is 6.92 Å². The molecule has 29 heavy (non-hydrogen) atoms. The van der Waals surface area contributed by atoms with Crippen LogP contribution < -0.4 is 4.74 Å². The third-order valence-electron chi connectivity index (χ3n) is 4.14. The molecule has 7 nitrogen and oxygen atoms in total. The van der Waals surface area contributed by atoms with Gasteiger partial charge in [0.25, 0.3) is 10.1 Å². The first-order valence-electron chi connectivity index (χ1n) is 8.67. The van der Waals surface area contributed by atoms with E-state index < -0.39 is 34.4 Å². The van der Waals surface area contributed by atoms with Crippen LogP contribution in [-0.2, 0) is 14.9 Å². The zero-order chi connectivity index (χ0) is 21.0. The standard InChI is InChI=1S/C21H18O7S/c1-14-9-10-18(20(22)27-11-12-29(24,25)26)19(13-14)28-21(23)17-8-4-6-15-5-2-3-7-16(15)17/h2-10,13H,11-12H2,1H3,(H,24,25,26). The maximum absolute atomic E-state index is 12.8. The number of esters is 2. The first kappa shape index (κ1) is 20.5. The van der Waals surface area contributed by atoms with E-state index in [2.05, 4.69) is 0 Å². The molecule has 0 fully saturated rings. The Kier molecular flexibility index (Phi) is 5.95. The summed E-state index contributed by atoms with van der Waals surface area (Å²) in [7, 11) is -4.26. The summed E-state index contributed by atoms with van der Waals surface area (Å²) in [5, 5.41) is 1.58. The highest BCUT2D eigenvalue weighted by Crippen LogP contribution is 2.25. The monoisotopic (exact) mass is 414 g/mol. The van der Waals surface area contributed by atoms with E-state index in [9.17, 15) is 18.0 Å². The van der Waals surface area contributed by atoms with E-state index >= 15 is 0 Å². The molecule has 0 bridgehead atoms. The van der Waals surface area contributed by atoms with Crippen LogP contribution in [0.3, 0.4) is 0 Å². The summed E-state index contributed by atoms with van der Waals surface area (Å²) in [6.45, 7) is 1.24. The number of carbonyl (C=O) groups excluding carboxylic acids is 2. The molecular formula is C21H18O7S. The molecule has 0 aliphatic rings. The van der Waals surface area contributed by atoms with E-state index in [4.69, 9.17) is 14.0 Å². The van der Waals surface area contributed by atoms with Gasteiger partial charge < -0.3 is 9.47 Å². The highest BCUT2D eigenvalue weighted by atomic mass is 32.2. The molecule has 0 unspecified atom stereocenters. The zero-order valence-corrected chi connectivity index (χ0v) is 16.3. The second-order valence-corrected chi connectivity index (χ2v) is 7.91. The van der Waals surface area contributed by atoms with Gasteiger partial charge >= 0.3 is 11.9 Å². The molecule has 150 valence electrons. The Labute approximate surface area is 167 Å². The Bertz CT molecular complexity index is 1180. The Hall–Kier alpha value is -3.23. The SMILES string of the molecule is Cc1ccc(C(=O)OCCS(=O)(=O)O)c(OC(=O)c2cccc3ccccc23)c1. The molecule has 0 saturated carbocycles. The highest BCUT2D eigenvalue weighted by Gasteiger charge is 2.20. The van der Waals surface area contributed by atoms with Gasteiger partial charge in [0.2, 0.25) is 0 Å². The topological polar surface area (TPSA) is 107 Å². The van der Waals surface area contributed by atoms with Gasteiger partial charge in [-0.1, -0.05) is 42.5 Å². The molecule has 0 atom stereocenters. The van der Waals surface area contributed by atoms with Crippen molar-refractivity contribution in [3.8, 4) is 5.75 Å². The number of hydrogen-bond donors (Lipinski definition) is 1. The lowest BCUT2D eigenvalue weighted by atomic mass is 10.0. The fraction of sp³-hybridized carbons (Fsp3) is 0.143. The molecule has 1 N–H and O–H groups in total. The molecule has 0 aliphatic heterocycles. The smallest absolute Gasteiger partial charge is 0.344 e. The minimum absolute atomic E-state index is 0.000195. The van der Waals surface area contributed by atoms with Gasteiger partial charge in [-0.2, -0.15) is 8.42 Å². The molecule has 3 rings (SSSR count). The maximum atomic E-state index is 12.8. The number of benzene rings is 3. The molecular weight excluding hydrogens is 396 g/mol. The van der Waals surface area contributed by atoms with Crippen molar-refractivity contribution in [2.24, 2.45) is 0 Å². The highest BCUT2D eigenvalue weighted by molar-refractivity contribution is 7.85. The first-order chi connectivity index (χ1) is 13.7. The van der Waals surface area contributed by atoms with E-state index in [0.717, 1.165) is 10.9 Å². The number of hydrogen-bond acceptors (Lipinski definition) is 6. The number of fused-ring (bicyclic) bond motifs is 1. The number of ether oxygens (including phenoxy) is 2. The van der Waals surface area contributed by atoms with E-state index in [1.807, 2.05) is 24.3 Å². The molecule has 0 aromatic heterocycles. The van der Waals surface area contributed by atoms with Crippen molar-refractivity contribution in [3.05, 3.63) is 77.4 Å². The number of aryl methyl sites for hydroxylation is 1. The predicted octanol–water partition coefficient (Wildman–Crippen LogP) is 3.41. The van der Waals surface area contributed by atoms with Gasteiger partial charge in [-0.3, -0.25) is 4.55 Å². The molecule has 0 heterocycles. The van der Waals surface area contributed by atoms with Crippen LogP contribution in [0.25, 0.3) is 10.8 Å². The zero-order valence-electron chi connectivity index (χ0n) is 15.5. The van der Waals surface area contributed by atoms with Crippen molar-refractivity contribution >= 4 is 32.8 Å². The quantitative estimate of drug-likeness (QED) is 0.374. The maximum Gasteiger partial charge on any atom is 0.344 e. The average molecular weight is 414 g/mol. The summed E-state index contributed by atoms with van der Waals surface area (Å²) in [5.74, 6) is -2.23. The summed E-state index contributed by atoms with van der Waals surface area (Å²) < 4.78 is 40.6. The van der Waals surface area contributed by atoms with Crippen LogP contribution in [0.2, 0.25) is 0 Å². The van der Waals surface area contributed by atoms with Crippen molar-refractivity contribution in [3.63, 3.8) is 0 Å². The molecule has 3 aromatic carbocycles. The van der Waals surface area contributed by atoms with Crippen molar-refractivity contribution in [2.75, 3.05) is 12.4 Å². The largest absolute Gasteiger partial charge is 0.461 e. The molecule has 0 radical (unpaired) electrons. The Morgan fingerprint density at radius 3 is 2.41 bits per heavy atom. The van der Waals surface area contributed by atoms with E-state index in [1.54, 1.807) is 31.2 Å². The second-order valence-electron chi connectivity index (χ2n) is 6.34. The van der Waals surface area contributed by atoms with Gasteiger partial charge in [0, 0.05) is 0 Å². The van der Waals surface area contributed by atoms with Gasteiger partial charge in [0.1, 0.15) is 23.7 Å². The Morgan fingerprint density at radius 1 is 0.931 bits per heavy atom. The van der Waals surface area contributed by atoms with Gasteiger partial charge in [0.15, 0.2) is 0 Å². The van der Waals surface area contributed by atoms with Crippen molar-refractivity contribution in [1.29, 1.82) is 0 Å². The lowest BCUT2D eigenvalue weighted by molar-refractivity contribution is 0.0522. The fourth-order valence-electron chi connectivity index (χ4n) is 2.76. The van der Waals surface area contributed by atoms with Crippen LogP contribution >= 0.6 is 0 Å². The van der Waals surface area contributed by atoms with Crippen LogP contribution in [0.15, 0.2) is 60.7 Å². The molecule has 0 saturated heterocycles.